The second-order valence-corrected chi connectivity index (χ2v) is 4.86. The summed E-state index contributed by atoms with van der Waals surface area (Å²) >= 11 is 0. The van der Waals surface area contributed by atoms with E-state index in [1.54, 1.807) is 30.4 Å². The molecule has 1 fully saturated rings. The molecule has 0 atom stereocenters. The first-order valence-corrected chi connectivity index (χ1v) is 5.39. The van der Waals surface area contributed by atoms with Crippen molar-refractivity contribution in [2.75, 3.05) is 21.1 Å². The Hall–Kier alpha value is -0.0652. The number of hydrogen-bond acceptors (Lipinski definition) is 3. The smallest absolute Gasteiger partial charge is 0.257 e. The molecule has 15 heavy (non-hydrogen) atoms. The lowest BCUT2D eigenvalue weighted by molar-refractivity contribution is 0.202. The van der Waals surface area contributed by atoms with Gasteiger partial charge in [0.2, 0.25) is 0 Å². The van der Waals surface area contributed by atoms with Crippen molar-refractivity contribution in [1.82, 2.24) is 14.2 Å². The minimum atomic E-state index is -2.32. The van der Waals surface area contributed by atoms with Crippen LogP contribution >= 0.6 is 0 Å². The maximum Gasteiger partial charge on any atom is 0.257 e. The van der Waals surface area contributed by atoms with Crippen LogP contribution in [0.4, 0.5) is 8.78 Å². The summed E-state index contributed by atoms with van der Waals surface area (Å²) in [5, 5.41) is 0. The molecule has 0 radical (unpaired) electrons. The van der Waals surface area contributed by atoms with Gasteiger partial charge in [-0.05, 0) is 7.05 Å². The lowest BCUT2D eigenvalue weighted by Crippen LogP contribution is -2.81. The van der Waals surface area contributed by atoms with E-state index in [0.717, 1.165) is 0 Å². The van der Waals surface area contributed by atoms with Crippen molar-refractivity contribution >= 4 is 20.4 Å². The summed E-state index contributed by atoms with van der Waals surface area (Å²) < 4.78 is 32.1. The Morgan fingerprint density at radius 3 is 1.60 bits per heavy atom. The van der Waals surface area contributed by atoms with Crippen molar-refractivity contribution < 1.29 is 8.78 Å². The van der Waals surface area contributed by atoms with E-state index in [-0.39, 0.29) is 14.0 Å². The lowest BCUT2D eigenvalue weighted by atomic mass is 9.32. The van der Waals surface area contributed by atoms with Gasteiger partial charge in [-0.2, -0.15) is 6.82 Å². The largest absolute Gasteiger partial charge is 0.491 e. The van der Waals surface area contributed by atoms with E-state index in [0.29, 0.717) is 0 Å². The fourth-order valence-corrected chi connectivity index (χ4v) is 2.40. The molecule has 0 saturated carbocycles. The van der Waals surface area contributed by atoms with Gasteiger partial charge in [-0.25, -0.2) is 0 Å². The average molecular weight is 216 g/mol. The Kier molecular flexibility index (Phi) is 3.53. The molecule has 0 spiro atoms. The van der Waals surface area contributed by atoms with E-state index >= 15 is 0 Å². The van der Waals surface area contributed by atoms with Gasteiger partial charge in [0.25, 0.3) is 14.0 Å². The van der Waals surface area contributed by atoms with Gasteiger partial charge in [-0.3, -0.25) is 8.78 Å². The van der Waals surface area contributed by atoms with E-state index < -0.39 is 12.7 Å². The number of hydrogen-bond donors (Lipinski definition) is 0. The van der Waals surface area contributed by atoms with Gasteiger partial charge in [0, 0.05) is 0 Å². The molecule has 0 bridgehead atoms. The van der Waals surface area contributed by atoms with E-state index in [4.69, 9.17) is 0 Å². The van der Waals surface area contributed by atoms with Crippen molar-refractivity contribution in [2.24, 2.45) is 0 Å². The van der Waals surface area contributed by atoms with E-state index in [1.165, 1.54) is 0 Å². The number of rotatable bonds is 1. The number of halogens is 2. The van der Waals surface area contributed by atoms with Crippen LogP contribution in [0, 0.1) is 0 Å². The van der Waals surface area contributed by atoms with Gasteiger partial charge in [-0.1, -0.05) is 27.7 Å². The summed E-state index contributed by atoms with van der Waals surface area (Å²) in [6.07, 6.45) is -4.23. The van der Waals surface area contributed by atoms with Crippen LogP contribution in [0.15, 0.2) is 0 Å². The SMILES string of the molecule is CB1N(C)B(C)N(C)[B-](C)(C(F)F)N1C. The Bertz CT molecular complexity index is 228. The third-order valence-corrected chi connectivity index (χ3v) is 4.48. The van der Waals surface area contributed by atoms with Crippen LogP contribution in [-0.2, 0) is 0 Å². The molecule has 8 heteroatoms. The highest BCUT2D eigenvalue weighted by atomic mass is 19.3. The predicted octanol–water partition coefficient (Wildman–Crippen LogP) is 0.908. The molecule has 3 nitrogen and oxygen atoms in total. The Labute approximate surface area is 92.0 Å². The highest BCUT2D eigenvalue weighted by Gasteiger charge is 2.48. The van der Waals surface area contributed by atoms with Crippen LogP contribution in [-0.4, -0.2) is 62.0 Å². The van der Waals surface area contributed by atoms with Gasteiger partial charge in [0.15, 0.2) is 6.42 Å². The maximum atomic E-state index is 13.2. The summed E-state index contributed by atoms with van der Waals surface area (Å²) in [4.78, 5) is 0. The topological polar surface area (TPSA) is 9.72 Å². The molecule has 0 aliphatic carbocycles. The molecule has 0 amide bonds. The molecule has 0 unspecified atom stereocenters. The van der Waals surface area contributed by atoms with Gasteiger partial charge in [0.1, 0.15) is 6.32 Å². The van der Waals surface area contributed by atoms with Crippen LogP contribution in [0.5, 0.6) is 0 Å². The standard InChI is InChI=1S/C7H19B3F2N3/c1-8-13(4)9(2)15(6)10(3,7(11)12)14(8)5/h7H,1-6H3/q-1. The monoisotopic (exact) mass is 216 g/mol. The lowest BCUT2D eigenvalue weighted by Gasteiger charge is -2.63. The van der Waals surface area contributed by atoms with Crippen molar-refractivity contribution in [3.05, 3.63) is 0 Å². The molecule has 0 aromatic rings. The van der Waals surface area contributed by atoms with Crippen molar-refractivity contribution in [2.45, 2.75) is 26.8 Å². The molecule has 1 aliphatic rings. The molecule has 1 aliphatic heterocycles. The van der Waals surface area contributed by atoms with Crippen LogP contribution in [0.25, 0.3) is 0 Å². The molecule has 0 aromatic heterocycles. The summed E-state index contributed by atoms with van der Waals surface area (Å²) in [7, 11) is 5.51. The second kappa shape index (κ2) is 4.07. The van der Waals surface area contributed by atoms with Gasteiger partial charge in [0.05, 0.1) is 0 Å². The fraction of sp³-hybridized carbons (Fsp3) is 1.00. The summed E-state index contributed by atoms with van der Waals surface area (Å²) in [6.45, 7) is 5.66. The second-order valence-electron chi connectivity index (χ2n) is 4.86. The molecule has 86 valence electrons. The first-order chi connectivity index (χ1) is 6.74. The molecule has 1 saturated heterocycles. The van der Waals surface area contributed by atoms with Crippen LogP contribution < -0.4 is 0 Å². The molecule has 0 N–H and O–H groups in total. The average Bonchev–Trinajstić information content (AvgIpc) is 2.20. The zero-order valence-electron chi connectivity index (χ0n) is 10.4. The minimum Gasteiger partial charge on any atom is -0.491 e. The quantitative estimate of drug-likeness (QED) is 0.602. The maximum absolute atomic E-state index is 13.2. The predicted molar refractivity (Wildman–Crippen MR) is 64.1 cm³/mol. The minimum absolute atomic E-state index is 0.0372. The van der Waals surface area contributed by atoms with Crippen molar-refractivity contribution in [3.8, 4) is 0 Å². The number of alkyl halides is 2. The van der Waals surface area contributed by atoms with Gasteiger partial charge in [-0.15, -0.1) is 0 Å². The van der Waals surface area contributed by atoms with Crippen molar-refractivity contribution in [1.29, 1.82) is 0 Å². The van der Waals surface area contributed by atoms with E-state index in [9.17, 15) is 8.78 Å². The highest BCUT2D eigenvalue weighted by Crippen LogP contribution is 2.28. The summed E-state index contributed by atoms with van der Waals surface area (Å²) in [6, 6.07) is 0. The van der Waals surface area contributed by atoms with Gasteiger partial charge >= 0.3 is 0 Å². The van der Waals surface area contributed by atoms with E-state index in [1.807, 2.05) is 20.7 Å². The Morgan fingerprint density at radius 1 is 1.00 bits per heavy atom. The summed E-state index contributed by atoms with van der Waals surface area (Å²) in [5.74, 6) is 0. The van der Waals surface area contributed by atoms with Crippen LogP contribution in [0.3, 0.4) is 0 Å². The van der Waals surface area contributed by atoms with E-state index in [2.05, 4.69) is 4.72 Å². The molecular weight excluding hydrogens is 197 g/mol. The summed E-state index contributed by atoms with van der Waals surface area (Å²) in [5.41, 5.74) is 0. The zero-order chi connectivity index (χ0) is 12.0. The number of nitrogens with zero attached hydrogens (tertiary/aromatic N) is 3. The van der Waals surface area contributed by atoms with Crippen molar-refractivity contribution in [3.63, 3.8) is 0 Å². The molecule has 1 rings (SSSR count). The molecular formula is C7H19B3F2N3-. The third kappa shape index (κ3) is 1.72. The highest BCUT2D eigenvalue weighted by molar-refractivity contribution is 6.93. The van der Waals surface area contributed by atoms with Crippen LogP contribution in [0.1, 0.15) is 0 Å². The fourth-order valence-electron chi connectivity index (χ4n) is 2.40. The van der Waals surface area contributed by atoms with Gasteiger partial charge < -0.3 is 14.2 Å². The first-order valence-electron chi connectivity index (χ1n) is 5.39. The Morgan fingerprint density at radius 2 is 1.33 bits per heavy atom. The first kappa shape index (κ1) is 13.0. The third-order valence-electron chi connectivity index (χ3n) is 4.48. The Balaban J connectivity index is 3.07. The normalized spacial score (nSPS) is 25.4. The zero-order valence-corrected chi connectivity index (χ0v) is 10.4. The molecule has 0 aromatic carbocycles. The molecule has 1 heterocycles. The van der Waals surface area contributed by atoms with Crippen LogP contribution in [0.2, 0.25) is 20.5 Å².